The molecule has 4 rings (SSSR count). The first-order chi connectivity index (χ1) is 17.8. The van der Waals surface area contributed by atoms with E-state index >= 15 is 0 Å². The van der Waals surface area contributed by atoms with Gasteiger partial charge in [-0.2, -0.15) is 13.2 Å². The summed E-state index contributed by atoms with van der Waals surface area (Å²) in [5.74, 6) is -0.332. The van der Waals surface area contributed by atoms with E-state index in [1.54, 1.807) is 18.7 Å². The van der Waals surface area contributed by atoms with Crippen molar-refractivity contribution in [2.75, 3.05) is 17.6 Å². The van der Waals surface area contributed by atoms with Gasteiger partial charge in [0.05, 0.1) is 34.3 Å². The van der Waals surface area contributed by atoms with E-state index in [0.717, 1.165) is 18.6 Å². The van der Waals surface area contributed by atoms with Gasteiger partial charge in [-0.25, -0.2) is 18.4 Å². The van der Waals surface area contributed by atoms with Gasteiger partial charge in [0, 0.05) is 18.0 Å². The van der Waals surface area contributed by atoms with Crippen LogP contribution in [0.3, 0.4) is 0 Å². The van der Waals surface area contributed by atoms with E-state index in [-0.39, 0.29) is 47.0 Å². The smallest absolute Gasteiger partial charge is 0.376 e. The van der Waals surface area contributed by atoms with Gasteiger partial charge in [0.25, 0.3) is 0 Å². The Morgan fingerprint density at radius 3 is 2.53 bits per heavy atom. The quantitative estimate of drug-likeness (QED) is 0.513. The zero-order valence-corrected chi connectivity index (χ0v) is 22.8. The highest BCUT2D eigenvalue weighted by molar-refractivity contribution is 7.91. The Labute approximate surface area is 221 Å². The Bertz CT molecular complexity index is 1270. The molecule has 210 valence electrons. The van der Waals surface area contributed by atoms with Crippen molar-refractivity contribution >= 4 is 32.5 Å². The van der Waals surface area contributed by atoms with Crippen LogP contribution < -0.4 is 5.32 Å². The summed E-state index contributed by atoms with van der Waals surface area (Å²) in [5, 5.41) is 2.70. The Kier molecular flexibility index (Phi) is 8.23. The highest BCUT2D eigenvalue weighted by atomic mass is 32.2. The summed E-state index contributed by atoms with van der Waals surface area (Å²) < 4.78 is 71.6. The molecule has 12 heteroatoms. The van der Waals surface area contributed by atoms with Crippen molar-refractivity contribution in [3.8, 4) is 0 Å². The molecule has 0 bridgehead atoms. The lowest BCUT2D eigenvalue weighted by Crippen LogP contribution is -2.50. The van der Waals surface area contributed by atoms with E-state index in [1.807, 2.05) is 13.8 Å². The van der Waals surface area contributed by atoms with Crippen LogP contribution in [0.2, 0.25) is 0 Å². The minimum Gasteiger partial charge on any atom is -0.376 e. The summed E-state index contributed by atoms with van der Waals surface area (Å²) >= 11 is 0. The highest BCUT2D eigenvalue weighted by Crippen LogP contribution is 2.36. The maximum atomic E-state index is 13.5. The van der Waals surface area contributed by atoms with Crippen LogP contribution >= 0.6 is 0 Å². The molecule has 1 unspecified atom stereocenters. The lowest BCUT2D eigenvalue weighted by molar-refractivity contribution is -0.137. The number of hydrogen-bond acceptors (Lipinski definition) is 7. The molecule has 2 heterocycles. The van der Waals surface area contributed by atoms with Gasteiger partial charge in [-0.3, -0.25) is 4.79 Å². The van der Waals surface area contributed by atoms with Crippen molar-refractivity contribution < 1.29 is 31.1 Å². The minimum absolute atomic E-state index is 0.0152. The summed E-state index contributed by atoms with van der Waals surface area (Å²) in [6.45, 7) is 7.63. The number of rotatable bonds is 8. The third kappa shape index (κ3) is 6.22. The standard InChI is InChI=1S/C26H35F3N4O4S/c1-15(2)37-19-6-8-23(17(11-19)13-38(35,36)16(3)4)33-10-9-22(25(33)34)32-24-20-12-18(26(27,28)29)5-7-21(20)30-14-31-24/h5,7,12,14-17,19,22-23H,6,8-11,13H2,1-4H3,(H,30,31,32)/t17-,19-,22?,23-/m0/s1. The lowest BCUT2D eigenvalue weighted by Gasteiger charge is -2.41. The molecule has 1 saturated carbocycles. The summed E-state index contributed by atoms with van der Waals surface area (Å²) in [6.07, 6.45) is -1.01. The Morgan fingerprint density at radius 1 is 1.13 bits per heavy atom. The Balaban J connectivity index is 1.55. The van der Waals surface area contributed by atoms with Gasteiger partial charge >= 0.3 is 6.18 Å². The van der Waals surface area contributed by atoms with Gasteiger partial charge in [-0.05, 0) is 77.5 Å². The molecule has 0 radical (unpaired) electrons. The first-order valence-electron chi connectivity index (χ1n) is 13.0. The number of likely N-dealkylation sites (tertiary alicyclic amines) is 1. The maximum absolute atomic E-state index is 13.5. The number of carbonyl (C=O) groups excluding carboxylic acids is 1. The normalized spacial score (nSPS) is 25.1. The average Bonchev–Trinajstić information content (AvgIpc) is 3.17. The van der Waals surface area contributed by atoms with Crippen molar-refractivity contribution in [1.29, 1.82) is 0 Å². The fourth-order valence-electron chi connectivity index (χ4n) is 5.47. The van der Waals surface area contributed by atoms with Crippen molar-refractivity contribution in [2.24, 2.45) is 5.92 Å². The molecule has 0 spiro atoms. The first-order valence-corrected chi connectivity index (χ1v) is 14.7. The lowest BCUT2D eigenvalue weighted by atomic mass is 9.83. The fraction of sp³-hybridized carbons (Fsp3) is 0.654. The minimum atomic E-state index is -4.52. The average molecular weight is 557 g/mol. The molecule has 1 saturated heterocycles. The van der Waals surface area contributed by atoms with Crippen molar-refractivity contribution in [3.05, 3.63) is 30.1 Å². The number of nitrogens with zero attached hydrogens (tertiary/aromatic N) is 3. The number of carbonyl (C=O) groups is 1. The predicted octanol–water partition coefficient (Wildman–Crippen LogP) is 4.45. The number of halogens is 3. The predicted molar refractivity (Wildman–Crippen MR) is 138 cm³/mol. The van der Waals surface area contributed by atoms with E-state index in [9.17, 15) is 26.4 Å². The molecule has 2 aliphatic rings. The second-order valence-corrected chi connectivity index (χ2v) is 13.4. The van der Waals surface area contributed by atoms with E-state index in [2.05, 4.69) is 15.3 Å². The number of sulfone groups is 1. The van der Waals surface area contributed by atoms with Crippen molar-refractivity contribution in [3.63, 3.8) is 0 Å². The van der Waals surface area contributed by atoms with Crippen molar-refractivity contribution in [1.82, 2.24) is 14.9 Å². The number of anilines is 1. The fourth-order valence-corrected chi connectivity index (χ4v) is 6.81. The number of benzene rings is 1. The van der Waals surface area contributed by atoms with E-state index in [1.165, 1.54) is 12.4 Å². The Hall–Kier alpha value is -2.47. The molecular formula is C26H35F3N4O4S. The second-order valence-electron chi connectivity index (χ2n) is 10.8. The zero-order valence-electron chi connectivity index (χ0n) is 22.0. The summed E-state index contributed by atoms with van der Waals surface area (Å²) in [6, 6.07) is 2.29. The van der Waals surface area contributed by atoms with Crippen LogP contribution in [-0.2, 0) is 25.5 Å². The van der Waals surface area contributed by atoms with Gasteiger partial charge in [0.2, 0.25) is 5.91 Å². The third-order valence-electron chi connectivity index (χ3n) is 7.44. The Morgan fingerprint density at radius 2 is 1.87 bits per heavy atom. The summed E-state index contributed by atoms with van der Waals surface area (Å²) in [5.41, 5.74) is -0.489. The van der Waals surface area contributed by atoms with Crippen molar-refractivity contribution in [2.45, 2.75) is 89.1 Å². The number of nitrogens with one attached hydrogen (secondary N) is 1. The van der Waals surface area contributed by atoms with Gasteiger partial charge in [0.1, 0.15) is 18.2 Å². The number of hydrogen-bond donors (Lipinski definition) is 1. The molecular weight excluding hydrogens is 521 g/mol. The first kappa shape index (κ1) is 28.5. The van der Waals surface area contributed by atoms with Crippen LogP contribution in [0.1, 0.15) is 58.9 Å². The summed E-state index contributed by atoms with van der Waals surface area (Å²) in [7, 11) is -3.35. The molecule has 4 atom stereocenters. The van der Waals surface area contributed by atoms with Crippen LogP contribution in [0.25, 0.3) is 10.9 Å². The molecule has 1 aromatic carbocycles. The van der Waals surface area contributed by atoms with E-state index < -0.39 is 32.9 Å². The third-order valence-corrected chi connectivity index (χ3v) is 9.77. The SMILES string of the molecule is CC(C)O[C@H]1CC[C@H](N2CCC(Nc3ncnc4ccc(C(F)(F)F)cc34)C2=O)[C@H](CS(=O)(=O)C(C)C)C1. The van der Waals surface area contributed by atoms with Gasteiger partial charge in [0.15, 0.2) is 9.84 Å². The van der Waals surface area contributed by atoms with Crippen LogP contribution in [-0.4, -0.2) is 71.0 Å². The number of fused-ring (bicyclic) bond motifs is 1. The second kappa shape index (κ2) is 11.0. The van der Waals surface area contributed by atoms with Gasteiger partial charge in [-0.15, -0.1) is 0 Å². The molecule has 8 nitrogen and oxygen atoms in total. The van der Waals surface area contributed by atoms with Gasteiger partial charge in [-0.1, -0.05) is 0 Å². The molecule has 2 aromatic rings. The zero-order chi connectivity index (χ0) is 27.8. The topological polar surface area (TPSA) is 101 Å². The van der Waals surface area contributed by atoms with E-state index in [0.29, 0.717) is 31.3 Å². The molecule has 1 N–H and O–H groups in total. The largest absolute Gasteiger partial charge is 0.416 e. The number of alkyl halides is 3. The number of aromatic nitrogens is 2. The van der Waals surface area contributed by atoms with Gasteiger partial charge < -0.3 is 15.0 Å². The van der Waals surface area contributed by atoms with Crippen LogP contribution in [0.5, 0.6) is 0 Å². The van der Waals surface area contributed by atoms with Crippen LogP contribution in [0.15, 0.2) is 24.5 Å². The van der Waals surface area contributed by atoms with Crippen LogP contribution in [0, 0.1) is 5.92 Å². The highest BCUT2D eigenvalue weighted by Gasteiger charge is 2.44. The molecule has 38 heavy (non-hydrogen) atoms. The molecule has 1 aliphatic carbocycles. The summed E-state index contributed by atoms with van der Waals surface area (Å²) in [4.78, 5) is 23.5. The monoisotopic (exact) mass is 556 g/mol. The molecule has 1 aromatic heterocycles. The maximum Gasteiger partial charge on any atom is 0.416 e. The molecule has 2 fully saturated rings. The molecule has 1 aliphatic heterocycles. The van der Waals surface area contributed by atoms with E-state index in [4.69, 9.17) is 4.74 Å². The number of ether oxygens (including phenoxy) is 1. The molecule has 1 amide bonds. The van der Waals surface area contributed by atoms with Crippen LogP contribution in [0.4, 0.5) is 19.0 Å². The number of amides is 1.